The zero-order valence-corrected chi connectivity index (χ0v) is 10.5. The summed E-state index contributed by atoms with van der Waals surface area (Å²) in [6.45, 7) is 0. The number of hydrogen-bond donors (Lipinski definition) is 1. The molecule has 1 heterocycles. The van der Waals surface area contributed by atoms with E-state index in [4.69, 9.17) is 21.8 Å². The van der Waals surface area contributed by atoms with Crippen LogP contribution < -0.4 is 5.73 Å². The van der Waals surface area contributed by atoms with Gasteiger partial charge in [-0.2, -0.15) is 0 Å². The average Bonchev–Trinajstić information content (AvgIpc) is 2.83. The molecule has 0 fully saturated rings. The highest BCUT2D eigenvalue weighted by atomic mass is 35.5. The van der Waals surface area contributed by atoms with Crippen molar-refractivity contribution in [2.24, 2.45) is 0 Å². The number of nitrogens with zero attached hydrogens (tertiary/aromatic N) is 1. The number of anilines is 1. The van der Waals surface area contributed by atoms with Gasteiger partial charge in [-0.25, -0.2) is 18.2 Å². The van der Waals surface area contributed by atoms with Crippen molar-refractivity contribution >= 4 is 28.4 Å². The first-order chi connectivity index (χ1) is 9.47. The Morgan fingerprint density at radius 3 is 2.60 bits per heavy atom. The van der Waals surface area contributed by atoms with Gasteiger partial charge in [0.2, 0.25) is 5.89 Å². The molecule has 3 nitrogen and oxygen atoms in total. The Balaban J connectivity index is 2.28. The standard InChI is InChI=1S/C13H6ClF3N2O/c14-7-2-1-5(18)3-6(7)13-19-12-9(20-13)4-8(15)10(16)11(12)17/h1-4H,18H2. The Morgan fingerprint density at radius 1 is 1.10 bits per heavy atom. The van der Waals surface area contributed by atoms with Crippen LogP contribution in [0.4, 0.5) is 18.9 Å². The van der Waals surface area contributed by atoms with E-state index in [1.165, 1.54) is 12.1 Å². The van der Waals surface area contributed by atoms with Gasteiger partial charge in [-0.05, 0) is 18.2 Å². The highest BCUT2D eigenvalue weighted by molar-refractivity contribution is 6.33. The topological polar surface area (TPSA) is 52.0 Å². The van der Waals surface area contributed by atoms with Crippen LogP contribution in [0.2, 0.25) is 5.02 Å². The molecule has 0 saturated heterocycles. The maximum atomic E-state index is 13.6. The number of rotatable bonds is 1. The fraction of sp³-hybridized carbons (Fsp3) is 0. The first-order valence-corrected chi connectivity index (χ1v) is 5.84. The average molecular weight is 299 g/mol. The molecular formula is C13H6ClF3N2O. The van der Waals surface area contributed by atoms with Crippen molar-refractivity contribution in [3.8, 4) is 11.5 Å². The van der Waals surface area contributed by atoms with Crippen molar-refractivity contribution in [2.75, 3.05) is 5.73 Å². The Kier molecular flexibility index (Phi) is 2.83. The monoisotopic (exact) mass is 298 g/mol. The van der Waals surface area contributed by atoms with Crippen LogP contribution in [-0.4, -0.2) is 4.98 Å². The van der Waals surface area contributed by atoms with Crippen LogP contribution in [0.1, 0.15) is 0 Å². The number of nitrogen functional groups attached to an aromatic ring is 1. The van der Waals surface area contributed by atoms with E-state index in [0.717, 1.165) is 6.07 Å². The summed E-state index contributed by atoms with van der Waals surface area (Å²) in [5.74, 6) is -4.43. The lowest BCUT2D eigenvalue weighted by Crippen LogP contribution is -1.91. The summed E-state index contributed by atoms with van der Waals surface area (Å²) < 4.78 is 45.0. The minimum Gasteiger partial charge on any atom is -0.436 e. The van der Waals surface area contributed by atoms with Gasteiger partial charge in [-0.1, -0.05) is 11.6 Å². The van der Waals surface area contributed by atoms with E-state index in [9.17, 15) is 13.2 Å². The molecule has 20 heavy (non-hydrogen) atoms. The van der Waals surface area contributed by atoms with E-state index in [2.05, 4.69) is 4.98 Å². The predicted molar refractivity (Wildman–Crippen MR) is 68.7 cm³/mol. The largest absolute Gasteiger partial charge is 0.436 e. The highest BCUT2D eigenvalue weighted by Gasteiger charge is 2.20. The molecule has 2 aromatic carbocycles. The molecule has 2 N–H and O–H groups in total. The van der Waals surface area contributed by atoms with Crippen molar-refractivity contribution in [3.63, 3.8) is 0 Å². The van der Waals surface area contributed by atoms with Crippen LogP contribution in [0.5, 0.6) is 0 Å². The van der Waals surface area contributed by atoms with E-state index in [-0.39, 0.29) is 16.5 Å². The quantitative estimate of drug-likeness (QED) is 0.542. The number of hydrogen-bond acceptors (Lipinski definition) is 3. The van der Waals surface area contributed by atoms with Gasteiger partial charge in [-0.15, -0.1) is 0 Å². The molecule has 1 aromatic heterocycles. The molecule has 7 heteroatoms. The summed E-state index contributed by atoms with van der Waals surface area (Å²) in [6, 6.07) is 5.27. The van der Waals surface area contributed by atoms with E-state index >= 15 is 0 Å². The summed E-state index contributed by atoms with van der Waals surface area (Å²) in [4.78, 5) is 3.80. The summed E-state index contributed by atoms with van der Waals surface area (Å²) in [7, 11) is 0. The number of oxazole rings is 1. The molecule has 0 radical (unpaired) electrons. The SMILES string of the molecule is Nc1ccc(Cl)c(-c2nc3c(F)c(F)c(F)cc3o2)c1. The Morgan fingerprint density at radius 2 is 1.85 bits per heavy atom. The molecule has 3 rings (SSSR count). The summed E-state index contributed by atoms with van der Waals surface area (Å²) >= 11 is 5.96. The Hall–Kier alpha value is -2.21. The van der Waals surface area contributed by atoms with Crippen molar-refractivity contribution in [3.05, 3.63) is 46.7 Å². The first kappa shape index (κ1) is 12.8. The van der Waals surface area contributed by atoms with E-state index in [0.29, 0.717) is 11.3 Å². The van der Waals surface area contributed by atoms with Crippen LogP contribution in [0.25, 0.3) is 22.6 Å². The maximum absolute atomic E-state index is 13.6. The third kappa shape index (κ3) is 1.89. The predicted octanol–water partition coefficient (Wildman–Crippen LogP) is 4.15. The molecule has 0 spiro atoms. The zero-order chi connectivity index (χ0) is 14.4. The number of halogens is 4. The van der Waals surface area contributed by atoms with Crippen molar-refractivity contribution < 1.29 is 17.6 Å². The fourth-order valence-electron chi connectivity index (χ4n) is 1.80. The lowest BCUT2D eigenvalue weighted by Gasteiger charge is -2.00. The van der Waals surface area contributed by atoms with Crippen LogP contribution in [0, 0.1) is 17.5 Å². The smallest absolute Gasteiger partial charge is 0.229 e. The van der Waals surface area contributed by atoms with Gasteiger partial charge < -0.3 is 10.2 Å². The minimum atomic E-state index is -1.60. The van der Waals surface area contributed by atoms with Crippen molar-refractivity contribution in [1.82, 2.24) is 4.98 Å². The highest BCUT2D eigenvalue weighted by Crippen LogP contribution is 2.33. The van der Waals surface area contributed by atoms with Gasteiger partial charge in [0.1, 0.15) is 5.52 Å². The third-order valence-electron chi connectivity index (χ3n) is 2.74. The van der Waals surface area contributed by atoms with Gasteiger partial charge in [0, 0.05) is 11.8 Å². The summed E-state index contributed by atoms with van der Waals surface area (Å²) in [5.41, 5.74) is 5.70. The second-order valence-corrected chi connectivity index (χ2v) is 4.50. The molecule has 0 bridgehead atoms. The number of aromatic nitrogens is 1. The molecule has 0 aliphatic carbocycles. The Labute approximate surface area is 115 Å². The van der Waals surface area contributed by atoms with Gasteiger partial charge in [0.25, 0.3) is 0 Å². The molecule has 0 aliphatic rings. The molecule has 0 saturated carbocycles. The van der Waals surface area contributed by atoms with Gasteiger partial charge in [-0.3, -0.25) is 0 Å². The maximum Gasteiger partial charge on any atom is 0.229 e. The molecule has 0 amide bonds. The van der Waals surface area contributed by atoms with Crippen LogP contribution >= 0.6 is 11.6 Å². The number of nitrogens with two attached hydrogens (primary N) is 1. The molecular weight excluding hydrogens is 293 g/mol. The van der Waals surface area contributed by atoms with Crippen molar-refractivity contribution in [2.45, 2.75) is 0 Å². The van der Waals surface area contributed by atoms with E-state index in [1.807, 2.05) is 0 Å². The second kappa shape index (κ2) is 4.42. The van der Waals surface area contributed by atoms with E-state index in [1.54, 1.807) is 6.07 Å². The molecule has 3 aromatic rings. The van der Waals surface area contributed by atoms with Gasteiger partial charge in [0.15, 0.2) is 23.0 Å². The fourth-order valence-corrected chi connectivity index (χ4v) is 1.99. The molecule has 0 atom stereocenters. The number of fused-ring (bicyclic) bond motifs is 1. The molecule has 0 aliphatic heterocycles. The van der Waals surface area contributed by atoms with Crippen LogP contribution in [0.15, 0.2) is 28.7 Å². The Bertz CT molecular complexity index is 832. The lowest BCUT2D eigenvalue weighted by atomic mass is 10.2. The summed E-state index contributed by atoms with van der Waals surface area (Å²) in [5, 5.41) is 0.270. The number of benzene rings is 2. The second-order valence-electron chi connectivity index (χ2n) is 4.09. The normalized spacial score (nSPS) is 11.2. The molecule has 0 unspecified atom stereocenters. The summed E-state index contributed by atoms with van der Waals surface area (Å²) in [6.07, 6.45) is 0. The van der Waals surface area contributed by atoms with Crippen LogP contribution in [-0.2, 0) is 0 Å². The lowest BCUT2D eigenvalue weighted by molar-refractivity contribution is 0.451. The van der Waals surface area contributed by atoms with Gasteiger partial charge >= 0.3 is 0 Å². The first-order valence-electron chi connectivity index (χ1n) is 5.47. The third-order valence-corrected chi connectivity index (χ3v) is 3.07. The van der Waals surface area contributed by atoms with Crippen molar-refractivity contribution in [1.29, 1.82) is 0 Å². The van der Waals surface area contributed by atoms with Gasteiger partial charge in [0.05, 0.1) is 10.6 Å². The minimum absolute atomic E-state index is 0.0683. The molecule has 102 valence electrons. The van der Waals surface area contributed by atoms with Crippen LogP contribution in [0.3, 0.4) is 0 Å². The zero-order valence-electron chi connectivity index (χ0n) is 9.75. The van der Waals surface area contributed by atoms with E-state index < -0.39 is 23.0 Å².